The largest absolute Gasteiger partial charge is 0.508 e. The number of aryl methyl sites for hydroxylation is 1. The van der Waals surface area contributed by atoms with Crippen molar-refractivity contribution in [3.05, 3.63) is 62.8 Å². The molecule has 3 rings (SSSR count). The second-order valence-electron chi connectivity index (χ2n) is 5.96. The van der Waals surface area contributed by atoms with Crippen molar-refractivity contribution in [1.29, 1.82) is 0 Å². The fourth-order valence-corrected chi connectivity index (χ4v) is 2.61. The number of allylic oxidation sites excluding steroid dienone is 2. The van der Waals surface area contributed by atoms with Gasteiger partial charge in [0.2, 0.25) is 5.95 Å². The van der Waals surface area contributed by atoms with Gasteiger partial charge < -0.3 is 5.11 Å². The van der Waals surface area contributed by atoms with Crippen molar-refractivity contribution in [3.63, 3.8) is 0 Å². The number of nitrogens with one attached hydrogen (secondary N) is 2. The minimum atomic E-state index is -0.529. The first kappa shape index (κ1) is 18.2. The van der Waals surface area contributed by atoms with Gasteiger partial charge >= 0.3 is 5.69 Å². The number of benzene rings is 1. The summed E-state index contributed by atoms with van der Waals surface area (Å²) in [4.78, 5) is 30.8. The van der Waals surface area contributed by atoms with Crippen LogP contribution in [0.3, 0.4) is 0 Å². The fraction of sp³-hybridized carbons (Fsp3) is 0.222. The summed E-state index contributed by atoms with van der Waals surface area (Å²) in [6.07, 6.45) is 3.73. The summed E-state index contributed by atoms with van der Waals surface area (Å²) in [5.41, 5.74) is 3.89. The number of hydrazone groups is 1. The summed E-state index contributed by atoms with van der Waals surface area (Å²) in [6, 6.07) is 6.63. The van der Waals surface area contributed by atoms with Gasteiger partial charge in [0.15, 0.2) is 11.2 Å². The van der Waals surface area contributed by atoms with E-state index in [-0.39, 0.29) is 16.9 Å². The maximum Gasteiger partial charge on any atom is 0.329 e. The van der Waals surface area contributed by atoms with Gasteiger partial charge in [-0.3, -0.25) is 18.9 Å². The molecule has 2 heterocycles. The number of imidazole rings is 1. The Morgan fingerprint density at radius 2 is 2.04 bits per heavy atom. The Bertz CT molecular complexity index is 1150. The van der Waals surface area contributed by atoms with E-state index in [0.29, 0.717) is 18.2 Å². The van der Waals surface area contributed by atoms with E-state index in [1.807, 2.05) is 19.1 Å². The summed E-state index contributed by atoms with van der Waals surface area (Å²) in [7, 11) is 1.54. The van der Waals surface area contributed by atoms with Crippen molar-refractivity contribution < 1.29 is 5.11 Å². The van der Waals surface area contributed by atoms with Gasteiger partial charge in [-0.15, -0.1) is 0 Å². The molecule has 27 heavy (non-hydrogen) atoms. The summed E-state index contributed by atoms with van der Waals surface area (Å²) in [5, 5.41) is 13.7. The molecule has 3 aromatic rings. The minimum absolute atomic E-state index is 0.174. The molecular weight excluding hydrogens is 348 g/mol. The SMILES string of the molecule is C/C=C/Cn1c(N/N=C(\C)c2ccc(O)cc2)nc2c1c(=O)[nH]c(=O)n2C. The molecule has 0 aliphatic rings. The van der Waals surface area contributed by atoms with Crippen molar-refractivity contribution in [2.75, 3.05) is 5.43 Å². The van der Waals surface area contributed by atoms with Gasteiger partial charge in [-0.05, 0) is 43.7 Å². The molecule has 0 unspecified atom stereocenters. The molecule has 0 amide bonds. The van der Waals surface area contributed by atoms with Gasteiger partial charge in [0.05, 0.1) is 5.71 Å². The second-order valence-corrected chi connectivity index (χ2v) is 5.96. The number of aromatic amines is 1. The van der Waals surface area contributed by atoms with Gasteiger partial charge in [0.1, 0.15) is 5.75 Å². The average Bonchev–Trinajstić information content (AvgIpc) is 3.02. The number of nitrogens with zero attached hydrogens (tertiary/aromatic N) is 4. The second kappa shape index (κ2) is 7.32. The van der Waals surface area contributed by atoms with Crippen LogP contribution in [-0.4, -0.2) is 29.9 Å². The quantitative estimate of drug-likeness (QED) is 0.359. The summed E-state index contributed by atoms with van der Waals surface area (Å²) < 4.78 is 2.94. The van der Waals surface area contributed by atoms with Crippen LogP contribution in [0.4, 0.5) is 5.95 Å². The van der Waals surface area contributed by atoms with E-state index in [1.54, 1.807) is 42.8 Å². The van der Waals surface area contributed by atoms with Crippen LogP contribution in [0.1, 0.15) is 19.4 Å². The number of fused-ring (bicyclic) bond motifs is 1. The number of anilines is 1. The Hall–Kier alpha value is -3.62. The molecule has 0 fully saturated rings. The Morgan fingerprint density at radius 3 is 2.70 bits per heavy atom. The lowest BCUT2D eigenvalue weighted by molar-refractivity contribution is 0.475. The van der Waals surface area contributed by atoms with Crippen LogP contribution in [0, 0.1) is 0 Å². The number of aromatic hydroxyl groups is 1. The van der Waals surface area contributed by atoms with Crippen molar-refractivity contribution in [2.45, 2.75) is 20.4 Å². The summed E-state index contributed by atoms with van der Waals surface area (Å²) >= 11 is 0. The van der Waals surface area contributed by atoms with Gasteiger partial charge in [-0.2, -0.15) is 10.1 Å². The van der Waals surface area contributed by atoms with Crippen LogP contribution in [-0.2, 0) is 13.6 Å². The molecule has 0 radical (unpaired) electrons. The van der Waals surface area contributed by atoms with E-state index in [1.165, 1.54) is 4.57 Å². The molecular formula is C18H20N6O3. The van der Waals surface area contributed by atoms with Gasteiger partial charge in [-0.25, -0.2) is 10.2 Å². The molecule has 2 aromatic heterocycles. The number of hydrogen-bond acceptors (Lipinski definition) is 6. The standard InChI is InChI=1S/C18H20N6O3/c1-4-5-10-24-14-15(23(3)18(27)20-16(14)26)19-17(24)22-21-11(2)12-6-8-13(25)9-7-12/h4-9,25H,10H2,1-3H3,(H,19,22)(H,20,26,27)/b5-4+,21-11+. The number of phenolic OH excluding ortho intramolecular Hbond substituents is 1. The third-order valence-electron chi connectivity index (χ3n) is 4.14. The van der Waals surface area contributed by atoms with Gasteiger partial charge in [-0.1, -0.05) is 12.2 Å². The molecule has 9 heteroatoms. The number of hydrogen-bond donors (Lipinski definition) is 3. The van der Waals surface area contributed by atoms with Crippen molar-refractivity contribution in [2.24, 2.45) is 12.1 Å². The third-order valence-corrected chi connectivity index (χ3v) is 4.14. The highest BCUT2D eigenvalue weighted by Gasteiger charge is 2.16. The summed E-state index contributed by atoms with van der Waals surface area (Å²) in [5.74, 6) is 0.515. The number of H-pyrrole nitrogens is 1. The third kappa shape index (κ3) is 3.52. The number of rotatable bonds is 5. The normalized spacial score (nSPS) is 12.2. The van der Waals surface area contributed by atoms with E-state index in [9.17, 15) is 14.7 Å². The van der Waals surface area contributed by atoms with Crippen LogP contribution in [0.2, 0.25) is 0 Å². The highest BCUT2D eigenvalue weighted by Crippen LogP contribution is 2.16. The average molecular weight is 368 g/mol. The maximum absolute atomic E-state index is 12.3. The molecule has 0 aliphatic heterocycles. The highest BCUT2D eigenvalue weighted by atomic mass is 16.3. The van der Waals surface area contributed by atoms with E-state index in [0.717, 1.165) is 5.56 Å². The fourth-order valence-electron chi connectivity index (χ4n) is 2.61. The van der Waals surface area contributed by atoms with Gasteiger partial charge in [0.25, 0.3) is 5.56 Å². The molecule has 140 valence electrons. The molecule has 0 saturated heterocycles. The van der Waals surface area contributed by atoms with Gasteiger partial charge in [0, 0.05) is 13.6 Å². The van der Waals surface area contributed by atoms with Crippen molar-refractivity contribution in [3.8, 4) is 5.75 Å². The Morgan fingerprint density at radius 1 is 1.33 bits per heavy atom. The lowest BCUT2D eigenvalue weighted by Gasteiger charge is -2.06. The first-order valence-electron chi connectivity index (χ1n) is 8.32. The predicted molar refractivity (Wildman–Crippen MR) is 104 cm³/mol. The molecule has 3 N–H and O–H groups in total. The lowest BCUT2D eigenvalue weighted by Crippen LogP contribution is -2.29. The predicted octanol–water partition coefficient (Wildman–Crippen LogP) is 1.54. The molecule has 0 aliphatic carbocycles. The van der Waals surface area contributed by atoms with Crippen LogP contribution in [0.5, 0.6) is 5.75 Å². The van der Waals surface area contributed by atoms with E-state index < -0.39 is 11.2 Å². The van der Waals surface area contributed by atoms with Crippen LogP contribution >= 0.6 is 0 Å². The zero-order valence-corrected chi connectivity index (χ0v) is 15.2. The van der Waals surface area contributed by atoms with E-state index in [2.05, 4.69) is 20.5 Å². The van der Waals surface area contributed by atoms with E-state index >= 15 is 0 Å². The smallest absolute Gasteiger partial charge is 0.329 e. The lowest BCUT2D eigenvalue weighted by atomic mass is 10.1. The number of phenols is 1. The molecule has 0 spiro atoms. The number of aromatic nitrogens is 4. The van der Waals surface area contributed by atoms with Crippen LogP contribution in [0.15, 0.2) is 51.1 Å². The first-order chi connectivity index (χ1) is 12.9. The molecule has 0 bridgehead atoms. The molecule has 0 atom stereocenters. The Labute approximate surface area is 154 Å². The minimum Gasteiger partial charge on any atom is -0.508 e. The maximum atomic E-state index is 12.3. The zero-order valence-electron chi connectivity index (χ0n) is 15.2. The Balaban J connectivity index is 2.07. The monoisotopic (exact) mass is 368 g/mol. The molecule has 0 saturated carbocycles. The van der Waals surface area contributed by atoms with Crippen molar-refractivity contribution in [1.82, 2.24) is 19.1 Å². The summed E-state index contributed by atoms with van der Waals surface area (Å²) in [6.45, 7) is 4.07. The van der Waals surface area contributed by atoms with Crippen LogP contribution in [0.25, 0.3) is 11.2 Å². The first-order valence-corrected chi connectivity index (χ1v) is 8.32. The van der Waals surface area contributed by atoms with Crippen molar-refractivity contribution >= 4 is 22.8 Å². The highest BCUT2D eigenvalue weighted by molar-refractivity contribution is 5.99. The Kier molecular flexibility index (Phi) is 4.93. The van der Waals surface area contributed by atoms with E-state index in [4.69, 9.17) is 0 Å². The topological polar surface area (TPSA) is 117 Å². The molecule has 1 aromatic carbocycles. The van der Waals surface area contributed by atoms with Crippen LogP contribution < -0.4 is 16.7 Å². The molecule has 9 nitrogen and oxygen atoms in total. The zero-order chi connectivity index (χ0) is 19.6.